The molecule has 1 N–H and O–H groups in total. The average molecular weight is 257 g/mol. The van der Waals surface area contributed by atoms with Crippen molar-refractivity contribution in [1.82, 2.24) is 5.32 Å². The number of hydrogen-bond acceptors (Lipinski definition) is 3. The Hall–Kier alpha value is -1.49. The third-order valence-electron chi connectivity index (χ3n) is 2.95. The van der Waals surface area contributed by atoms with Gasteiger partial charge in [-0.15, -0.1) is 0 Å². The molecule has 0 aliphatic heterocycles. The quantitative estimate of drug-likeness (QED) is 0.823. The predicted molar refractivity (Wildman–Crippen MR) is 64.0 cm³/mol. The number of benzene rings is 1. The van der Waals surface area contributed by atoms with Gasteiger partial charge in [-0.05, 0) is 31.7 Å². The first kappa shape index (κ1) is 14.6. The number of esters is 1. The van der Waals surface area contributed by atoms with Crippen molar-refractivity contribution in [2.75, 3.05) is 14.2 Å². The van der Waals surface area contributed by atoms with Crippen LogP contribution in [0.1, 0.15) is 24.9 Å². The molecule has 0 saturated carbocycles. The normalized spacial score (nSPS) is 14.1. The van der Waals surface area contributed by atoms with E-state index in [2.05, 4.69) is 10.1 Å². The molecule has 3 nitrogen and oxygen atoms in total. The second-order valence-corrected chi connectivity index (χ2v) is 3.97. The molecule has 1 rings (SSSR count). The van der Waals surface area contributed by atoms with E-state index in [1.54, 1.807) is 14.0 Å². The van der Waals surface area contributed by atoms with Gasteiger partial charge in [-0.3, -0.25) is 4.79 Å². The molecule has 2 atom stereocenters. The summed E-state index contributed by atoms with van der Waals surface area (Å²) in [4.78, 5) is 11.6. The van der Waals surface area contributed by atoms with Crippen molar-refractivity contribution in [3.05, 3.63) is 35.4 Å². The van der Waals surface area contributed by atoms with Crippen LogP contribution in [0.4, 0.5) is 8.78 Å². The molecule has 0 amide bonds. The van der Waals surface area contributed by atoms with Crippen molar-refractivity contribution < 1.29 is 18.3 Å². The molecule has 18 heavy (non-hydrogen) atoms. The minimum atomic E-state index is -0.613. The molecule has 0 aliphatic carbocycles. The lowest BCUT2D eigenvalue weighted by atomic mass is 9.90. The van der Waals surface area contributed by atoms with Crippen molar-refractivity contribution in [3.8, 4) is 0 Å². The molecule has 0 aromatic heterocycles. The first-order valence-electron chi connectivity index (χ1n) is 5.75. The van der Waals surface area contributed by atoms with Gasteiger partial charge in [0.25, 0.3) is 0 Å². The molecule has 0 fully saturated rings. The van der Waals surface area contributed by atoms with E-state index in [0.29, 0.717) is 6.42 Å². The summed E-state index contributed by atoms with van der Waals surface area (Å²) in [6.45, 7) is 1.79. The second kappa shape index (κ2) is 6.44. The third-order valence-corrected chi connectivity index (χ3v) is 2.95. The maximum atomic E-state index is 13.7. The molecule has 0 saturated heterocycles. The van der Waals surface area contributed by atoms with Gasteiger partial charge in [-0.25, -0.2) is 8.78 Å². The maximum absolute atomic E-state index is 13.7. The van der Waals surface area contributed by atoms with Crippen LogP contribution in [0, 0.1) is 17.6 Å². The highest BCUT2D eigenvalue weighted by Gasteiger charge is 2.29. The lowest BCUT2D eigenvalue weighted by Crippen LogP contribution is -2.32. The summed E-state index contributed by atoms with van der Waals surface area (Å²) in [5, 5.41) is 2.85. The molecule has 0 aliphatic rings. The summed E-state index contributed by atoms with van der Waals surface area (Å²) in [5.41, 5.74) is 0.134. The second-order valence-electron chi connectivity index (χ2n) is 3.97. The Bertz CT molecular complexity index is 423. The van der Waals surface area contributed by atoms with Crippen LogP contribution in [-0.4, -0.2) is 20.1 Å². The van der Waals surface area contributed by atoms with E-state index in [0.717, 1.165) is 18.2 Å². The molecule has 0 radical (unpaired) electrons. The Kier molecular flexibility index (Phi) is 5.22. The largest absolute Gasteiger partial charge is 0.469 e. The van der Waals surface area contributed by atoms with Gasteiger partial charge < -0.3 is 10.1 Å². The van der Waals surface area contributed by atoms with Crippen molar-refractivity contribution >= 4 is 5.97 Å². The van der Waals surface area contributed by atoms with Gasteiger partial charge in [0.15, 0.2) is 0 Å². The summed E-state index contributed by atoms with van der Waals surface area (Å²) in [7, 11) is 2.88. The summed E-state index contributed by atoms with van der Waals surface area (Å²) < 4.78 is 31.6. The van der Waals surface area contributed by atoms with Crippen LogP contribution >= 0.6 is 0 Å². The van der Waals surface area contributed by atoms with Crippen molar-refractivity contribution in [2.24, 2.45) is 5.92 Å². The maximum Gasteiger partial charge on any atom is 0.310 e. The van der Waals surface area contributed by atoms with Gasteiger partial charge in [-0.1, -0.05) is 6.92 Å². The van der Waals surface area contributed by atoms with Crippen LogP contribution in [0.5, 0.6) is 0 Å². The monoisotopic (exact) mass is 257 g/mol. The zero-order valence-electron chi connectivity index (χ0n) is 10.7. The first-order chi connectivity index (χ1) is 8.54. The fraction of sp³-hybridized carbons (Fsp3) is 0.462. The average Bonchev–Trinajstić information content (AvgIpc) is 2.38. The molecule has 5 heteroatoms. The minimum Gasteiger partial charge on any atom is -0.469 e. The van der Waals surface area contributed by atoms with E-state index in [1.807, 2.05) is 0 Å². The molecule has 0 bridgehead atoms. The van der Waals surface area contributed by atoms with E-state index in [1.165, 1.54) is 7.11 Å². The van der Waals surface area contributed by atoms with E-state index in [4.69, 9.17) is 0 Å². The molecular weight excluding hydrogens is 240 g/mol. The van der Waals surface area contributed by atoms with Crippen LogP contribution in [-0.2, 0) is 9.53 Å². The Labute approximate surface area is 105 Å². The van der Waals surface area contributed by atoms with Crippen molar-refractivity contribution in [3.63, 3.8) is 0 Å². The molecule has 100 valence electrons. The number of carbonyl (C=O) groups is 1. The van der Waals surface area contributed by atoms with Gasteiger partial charge in [0.05, 0.1) is 13.0 Å². The highest BCUT2D eigenvalue weighted by molar-refractivity contribution is 5.73. The van der Waals surface area contributed by atoms with Gasteiger partial charge in [-0.2, -0.15) is 0 Å². The number of rotatable bonds is 5. The zero-order chi connectivity index (χ0) is 13.7. The highest BCUT2D eigenvalue weighted by Crippen LogP contribution is 2.28. The van der Waals surface area contributed by atoms with Crippen LogP contribution in [0.2, 0.25) is 0 Å². The smallest absolute Gasteiger partial charge is 0.310 e. The molecule has 0 spiro atoms. The van der Waals surface area contributed by atoms with Crippen LogP contribution in [0.3, 0.4) is 0 Å². The molecule has 0 heterocycles. The lowest BCUT2D eigenvalue weighted by Gasteiger charge is -2.24. The minimum absolute atomic E-state index is 0.134. The van der Waals surface area contributed by atoms with Crippen LogP contribution in [0.25, 0.3) is 0 Å². The molecule has 2 unspecified atom stereocenters. The van der Waals surface area contributed by atoms with E-state index in [9.17, 15) is 13.6 Å². The summed E-state index contributed by atoms with van der Waals surface area (Å²) in [6.07, 6.45) is 0.466. The Balaban J connectivity index is 3.15. The molecule has 1 aromatic rings. The standard InChI is InChI=1S/C13H17F2NO2/c1-4-9(13(17)18-3)12(16-2)10-7-8(14)5-6-11(10)15/h5-7,9,12,16H,4H2,1-3H3. The highest BCUT2D eigenvalue weighted by atomic mass is 19.1. The van der Waals surface area contributed by atoms with Crippen molar-refractivity contribution in [1.29, 1.82) is 0 Å². The number of hydrogen-bond donors (Lipinski definition) is 1. The summed E-state index contributed by atoms with van der Waals surface area (Å²) >= 11 is 0. The van der Waals surface area contributed by atoms with Gasteiger partial charge in [0, 0.05) is 11.6 Å². The SMILES string of the molecule is CCC(C(=O)OC)C(NC)c1cc(F)ccc1F. The number of methoxy groups -OCH3 is 1. The number of halogens is 2. The molecule has 1 aromatic carbocycles. The summed E-state index contributed by atoms with van der Waals surface area (Å²) in [5.74, 6) is -2.08. The van der Waals surface area contributed by atoms with Gasteiger partial charge >= 0.3 is 5.97 Å². The third kappa shape index (κ3) is 3.04. The Morgan fingerprint density at radius 1 is 1.44 bits per heavy atom. The van der Waals surface area contributed by atoms with E-state index < -0.39 is 29.6 Å². The first-order valence-corrected chi connectivity index (χ1v) is 5.75. The van der Waals surface area contributed by atoms with E-state index in [-0.39, 0.29) is 5.56 Å². The van der Waals surface area contributed by atoms with Gasteiger partial charge in [0.2, 0.25) is 0 Å². The summed E-state index contributed by atoms with van der Waals surface area (Å²) in [6, 6.07) is 2.59. The number of nitrogens with one attached hydrogen (secondary N) is 1. The van der Waals surface area contributed by atoms with Crippen LogP contribution in [0.15, 0.2) is 18.2 Å². The molecular formula is C13H17F2NO2. The zero-order valence-corrected chi connectivity index (χ0v) is 10.7. The fourth-order valence-electron chi connectivity index (χ4n) is 2.02. The van der Waals surface area contributed by atoms with E-state index >= 15 is 0 Å². The van der Waals surface area contributed by atoms with Crippen LogP contribution < -0.4 is 5.32 Å². The Morgan fingerprint density at radius 2 is 2.11 bits per heavy atom. The topological polar surface area (TPSA) is 38.3 Å². The number of carbonyl (C=O) groups excluding carboxylic acids is 1. The Morgan fingerprint density at radius 3 is 2.61 bits per heavy atom. The fourth-order valence-corrected chi connectivity index (χ4v) is 2.02. The number of ether oxygens (including phenoxy) is 1. The van der Waals surface area contributed by atoms with Gasteiger partial charge in [0.1, 0.15) is 11.6 Å². The lowest BCUT2D eigenvalue weighted by molar-refractivity contribution is -0.146. The predicted octanol–water partition coefficient (Wildman–Crippen LogP) is 2.42. The van der Waals surface area contributed by atoms with Crippen molar-refractivity contribution in [2.45, 2.75) is 19.4 Å².